The molecule has 1 atom stereocenters. The number of rotatable bonds is 3. The third-order valence-electron chi connectivity index (χ3n) is 6.06. The molecule has 10 heteroatoms. The van der Waals surface area contributed by atoms with Crippen LogP contribution in [-0.2, 0) is 25.4 Å². The van der Waals surface area contributed by atoms with Crippen LogP contribution in [0.25, 0.3) is 22.2 Å². The second-order valence-electron chi connectivity index (χ2n) is 7.92. The highest BCUT2D eigenvalue weighted by Gasteiger charge is 2.33. The summed E-state index contributed by atoms with van der Waals surface area (Å²) in [6.45, 7) is 0.670. The van der Waals surface area contributed by atoms with Crippen LogP contribution in [0.1, 0.15) is 17.4 Å². The third kappa shape index (κ3) is 3.10. The largest absolute Gasteiger partial charge is 0.365 e. The van der Waals surface area contributed by atoms with Crippen molar-refractivity contribution in [3.05, 3.63) is 96.6 Å². The molecule has 33 heavy (non-hydrogen) atoms. The number of nitro benzene ring substituents is 1. The summed E-state index contributed by atoms with van der Waals surface area (Å²) in [5.74, 6) is -0.395. The summed E-state index contributed by atoms with van der Waals surface area (Å²) in [4.78, 5) is 37.0. The van der Waals surface area contributed by atoms with Crippen LogP contribution in [0.5, 0.6) is 0 Å². The molecule has 1 aliphatic heterocycles. The molecule has 0 fully saturated rings. The van der Waals surface area contributed by atoms with E-state index in [9.17, 15) is 24.1 Å². The zero-order valence-electron chi connectivity index (χ0n) is 17.8. The second kappa shape index (κ2) is 7.52. The molecule has 0 saturated heterocycles. The van der Waals surface area contributed by atoms with E-state index in [1.54, 1.807) is 31.3 Å². The average molecular weight is 450 g/mol. The number of fused-ring (bicyclic) bond motifs is 3. The van der Waals surface area contributed by atoms with Crippen LogP contribution < -0.4 is 11.2 Å². The lowest BCUT2D eigenvalue weighted by Gasteiger charge is -2.27. The Morgan fingerprint density at radius 1 is 1.09 bits per heavy atom. The van der Waals surface area contributed by atoms with E-state index in [0.717, 1.165) is 4.57 Å². The van der Waals surface area contributed by atoms with Crippen molar-refractivity contribution < 1.29 is 14.1 Å². The smallest absolute Gasteiger partial charge is 0.331 e. The molecule has 0 radical (unpaired) electrons. The minimum atomic E-state index is -0.660. The Labute approximate surface area is 186 Å². The Kier molecular flexibility index (Phi) is 4.75. The van der Waals surface area contributed by atoms with Gasteiger partial charge in [-0.25, -0.2) is 9.18 Å². The quantitative estimate of drug-likeness (QED) is 0.353. The van der Waals surface area contributed by atoms with E-state index in [0.29, 0.717) is 41.2 Å². The molecule has 0 bridgehead atoms. The number of benzene rings is 2. The van der Waals surface area contributed by atoms with Crippen molar-refractivity contribution in [2.45, 2.75) is 12.6 Å². The molecule has 2 aromatic carbocycles. The molecule has 168 valence electrons. The maximum atomic E-state index is 13.6. The molecule has 3 heterocycles. The van der Waals surface area contributed by atoms with Crippen molar-refractivity contribution >= 4 is 16.6 Å². The minimum Gasteiger partial charge on any atom is -0.365 e. The Morgan fingerprint density at radius 3 is 2.52 bits per heavy atom. The molecule has 0 spiro atoms. The molecule has 0 saturated carbocycles. The molecule has 0 unspecified atom stereocenters. The van der Waals surface area contributed by atoms with Crippen LogP contribution in [0, 0.1) is 15.9 Å². The van der Waals surface area contributed by atoms with Crippen molar-refractivity contribution in [2.24, 2.45) is 14.1 Å². The van der Waals surface area contributed by atoms with Crippen LogP contribution in [0.4, 0.5) is 10.1 Å². The van der Waals surface area contributed by atoms with Crippen LogP contribution in [0.15, 0.2) is 58.1 Å². The maximum Gasteiger partial charge on any atom is 0.331 e. The van der Waals surface area contributed by atoms with E-state index in [-0.39, 0.29) is 11.1 Å². The van der Waals surface area contributed by atoms with Gasteiger partial charge in [-0.15, -0.1) is 0 Å². The van der Waals surface area contributed by atoms with Gasteiger partial charge in [-0.3, -0.25) is 24.0 Å². The Hall–Kier alpha value is -4.05. The molecule has 5 rings (SSSR count). The standard InChI is InChI=1S/C23H19FN4O5/c1-25-19-17(22(29)26(2)23(25)30)18(14-4-3-5-16(12-14)28(31)32)27-10-11-33-21(20(19)27)13-6-8-15(24)9-7-13/h3-9,12,21H,10-11H2,1-2H3/t21-/m1/s1. The normalized spacial score (nSPS) is 15.5. The number of nitrogens with zero attached hydrogens (tertiary/aromatic N) is 4. The lowest BCUT2D eigenvalue weighted by Crippen LogP contribution is -2.37. The first-order valence-electron chi connectivity index (χ1n) is 10.2. The predicted molar refractivity (Wildman–Crippen MR) is 119 cm³/mol. The monoisotopic (exact) mass is 450 g/mol. The number of halogens is 1. The molecular weight excluding hydrogens is 431 g/mol. The minimum absolute atomic E-state index is 0.111. The van der Waals surface area contributed by atoms with Gasteiger partial charge in [0, 0.05) is 38.3 Å². The van der Waals surface area contributed by atoms with Crippen LogP contribution in [0.2, 0.25) is 0 Å². The third-order valence-corrected chi connectivity index (χ3v) is 6.06. The fourth-order valence-corrected chi connectivity index (χ4v) is 4.54. The lowest BCUT2D eigenvalue weighted by molar-refractivity contribution is -0.384. The zero-order valence-corrected chi connectivity index (χ0v) is 17.8. The molecule has 0 amide bonds. The van der Waals surface area contributed by atoms with Crippen molar-refractivity contribution in [1.82, 2.24) is 13.7 Å². The van der Waals surface area contributed by atoms with E-state index >= 15 is 0 Å². The van der Waals surface area contributed by atoms with Gasteiger partial charge < -0.3 is 9.30 Å². The van der Waals surface area contributed by atoms with Gasteiger partial charge in [0.25, 0.3) is 11.2 Å². The van der Waals surface area contributed by atoms with E-state index in [4.69, 9.17) is 4.74 Å². The highest BCUT2D eigenvalue weighted by molar-refractivity contribution is 5.96. The van der Waals surface area contributed by atoms with E-state index in [1.807, 2.05) is 4.57 Å². The summed E-state index contributed by atoms with van der Waals surface area (Å²) in [7, 11) is 2.96. The van der Waals surface area contributed by atoms with Gasteiger partial charge in [0.1, 0.15) is 11.9 Å². The first kappa shape index (κ1) is 20.8. The van der Waals surface area contributed by atoms with Crippen LogP contribution in [0.3, 0.4) is 0 Å². The second-order valence-corrected chi connectivity index (χ2v) is 7.92. The first-order chi connectivity index (χ1) is 15.8. The molecule has 0 aliphatic carbocycles. The molecule has 4 aromatic rings. The molecule has 0 N–H and O–H groups in total. The number of hydrogen-bond donors (Lipinski definition) is 0. The SMILES string of the molecule is Cn1c(=O)c2c(-c3cccc([N+](=O)[O-])c3)n3c(c2n(C)c1=O)[C@@H](c1ccc(F)cc1)OCC3. The van der Waals surface area contributed by atoms with Gasteiger partial charge in [-0.05, 0) is 17.7 Å². The maximum absolute atomic E-state index is 13.6. The summed E-state index contributed by atoms with van der Waals surface area (Å²) in [5.41, 5.74) is 1.46. The number of hydrogen-bond acceptors (Lipinski definition) is 5. The van der Waals surface area contributed by atoms with Crippen LogP contribution in [-0.4, -0.2) is 25.2 Å². The van der Waals surface area contributed by atoms with Gasteiger partial charge in [0.2, 0.25) is 0 Å². The van der Waals surface area contributed by atoms with Crippen molar-refractivity contribution in [2.75, 3.05) is 6.61 Å². The zero-order chi connectivity index (χ0) is 23.4. The number of aryl methyl sites for hydroxylation is 1. The Morgan fingerprint density at radius 2 is 1.82 bits per heavy atom. The molecular formula is C23H19FN4O5. The van der Waals surface area contributed by atoms with Crippen molar-refractivity contribution in [3.8, 4) is 11.3 Å². The fraction of sp³-hybridized carbons (Fsp3) is 0.217. The summed E-state index contributed by atoms with van der Waals surface area (Å²) >= 11 is 0. The highest BCUT2D eigenvalue weighted by atomic mass is 19.1. The molecule has 2 aromatic heterocycles. The summed E-state index contributed by atoms with van der Waals surface area (Å²) in [6, 6.07) is 11.9. The summed E-state index contributed by atoms with van der Waals surface area (Å²) < 4.78 is 23.9. The number of non-ortho nitro benzene ring substituents is 1. The first-order valence-corrected chi connectivity index (χ1v) is 10.2. The Bertz CT molecular complexity index is 1550. The van der Waals surface area contributed by atoms with Gasteiger partial charge >= 0.3 is 5.69 Å². The molecule has 1 aliphatic rings. The van der Waals surface area contributed by atoms with Crippen molar-refractivity contribution in [1.29, 1.82) is 0 Å². The van der Waals surface area contributed by atoms with E-state index in [1.165, 1.54) is 35.9 Å². The Balaban J connectivity index is 1.93. The molecule has 9 nitrogen and oxygen atoms in total. The van der Waals surface area contributed by atoms with E-state index in [2.05, 4.69) is 0 Å². The number of aromatic nitrogens is 3. The fourth-order valence-electron chi connectivity index (χ4n) is 4.54. The topological polar surface area (TPSA) is 101 Å². The van der Waals surface area contributed by atoms with Gasteiger partial charge in [-0.1, -0.05) is 24.3 Å². The highest BCUT2D eigenvalue weighted by Crippen LogP contribution is 2.41. The number of ether oxygens (including phenoxy) is 1. The van der Waals surface area contributed by atoms with Gasteiger partial charge in [0.15, 0.2) is 0 Å². The van der Waals surface area contributed by atoms with Crippen LogP contribution >= 0.6 is 0 Å². The average Bonchev–Trinajstić information content (AvgIpc) is 3.17. The number of nitro groups is 1. The summed E-state index contributed by atoms with van der Waals surface area (Å²) in [5, 5.41) is 11.7. The van der Waals surface area contributed by atoms with Crippen molar-refractivity contribution in [3.63, 3.8) is 0 Å². The van der Waals surface area contributed by atoms with E-state index < -0.39 is 28.1 Å². The lowest BCUT2D eigenvalue weighted by atomic mass is 10.0. The predicted octanol–water partition coefficient (Wildman–Crippen LogP) is 2.87. The summed E-state index contributed by atoms with van der Waals surface area (Å²) in [6.07, 6.45) is -0.660. The van der Waals surface area contributed by atoms with Gasteiger partial charge in [0.05, 0.1) is 33.8 Å². The van der Waals surface area contributed by atoms with Gasteiger partial charge in [-0.2, -0.15) is 0 Å².